The van der Waals surface area contributed by atoms with Gasteiger partial charge in [0, 0.05) is 13.6 Å². The lowest BCUT2D eigenvalue weighted by Crippen LogP contribution is -2.41. The van der Waals surface area contributed by atoms with Crippen LogP contribution in [0.3, 0.4) is 0 Å². The van der Waals surface area contributed by atoms with Crippen molar-refractivity contribution in [1.29, 1.82) is 0 Å². The summed E-state index contributed by atoms with van der Waals surface area (Å²) >= 11 is 0. The maximum atomic E-state index is 11.3. The first-order chi connectivity index (χ1) is 8.06. The molecule has 2 N–H and O–H groups in total. The van der Waals surface area contributed by atoms with E-state index in [4.69, 9.17) is 4.42 Å². The van der Waals surface area contributed by atoms with Gasteiger partial charge in [-0.25, -0.2) is 0 Å². The topological polar surface area (TPSA) is 74.6 Å². The van der Waals surface area contributed by atoms with Gasteiger partial charge in [-0.3, -0.25) is 14.5 Å². The molecule has 1 atom stereocenters. The van der Waals surface area contributed by atoms with E-state index in [0.717, 1.165) is 5.76 Å². The third kappa shape index (κ3) is 3.60. The Morgan fingerprint density at radius 3 is 2.59 bits per heavy atom. The molecular formula is C11H17N3O3. The Morgan fingerprint density at radius 2 is 2.12 bits per heavy atom. The SMILES string of the molecule is CNC(=O)C(=O)NC[C@@H](c1ccco1)N(C)C. The summed E-state index contributed by atoms with van der Waals surface area (Å²) in [6, 6.07) is 3.52. The average Bonchev–Trinajstić information content (AvgIpc) is 2.81. The molecule has 0 bridgehead atoms. The van der Waals surface area contributed by atoms with Crippen molar-refractivity contribution in [3.63, 3.8) is 0 Å². The van der Waals surface area contributed by atoms with E-state index in [0.29, 0.717) is 6.54 Å². The van der Waals surface area contributed by atoms with E-state index in [-0.39, 0.29) is 6.04 Å². The van der Waals surface area contributed by atoms with Gasteiger partial charge in [0.1, 0.15) is 5.76 Å². The predicted molar refractivity (Wildman–Crippen MR) is 62.2 cm³/mol. The third-order valence-corrected chi connectivity index (χ3v) is 2.38. The van der Waals surface area contributed by atoms with E-state index in [1.165, 1.54) is 7.05 Å². The summed E-state index contributed by atoms with van der Waals surface area (Å²) in [4.78, 5) is 24.2. The number of nitrogens with zero attached hydrogens (tertiary/aromatic N) is 1. The van der Waals surface area contributed by atoms with Gasteiger partial charge in [-0.05, 0) is 26.2 Å². The third-order valence-electron chi connectivity index (χ3n) is 2.38. The predicted octanol–water partition coefficient (Wildman–Crippen LogP) is -0.255. The number of furan rings is 1. The van der Waals surface area contributed by atoms with E-state index in [1.807, 2.05) is 25.1 Å². The number of amides is 2. The second-order valence-electron chi connectivity index (χ2n) is 3.78. The molecule has 1 heterocycles. The van der Waals surface area contributed by atoms with Gasteiger partial charge in [0.05, 0.1) is 12.3 Å². The molecule has 0 unspecified atom stereocenters. The minimum Gasteiger partial charge on any atom is -0.468 e. The van der Waals surface area contributed by atoms with Crippen molar-refractivity contribution < 1.29 is 14.0 Å². The molecule has 0 spiro atoms. The Kier molecular flexibility index (Phi) is 4.71. The second kappa shape index (κ2) is 6.05. The fraction of sp³-hybridized carbons (Fsp3) is 0.455. The van der Waals surface area contributed by atoms with Gasteiger partial charge in [0.15, 0.2) is 0 Å². The molecule has 0 saturated carbocycles. The van der Waals surface area contributed by atoms with Gasteiger partial charge in [0.2, 0.25) is 0 Å². The molecule has 0 aliphatic rings. The summed E-state index contributed by atoms with van der Waals surface area (Å²) in [6.07, 6.45) is 1.58. The largest absolute Gasteiger partial charge is 0.468 e. The molecule has 0 saturated heterocycles. The average molecular weight is 239 g/mol. The maximum absolute atomic E-state index is 11.3. The standard InChI is InChI=1S/C11H17N3O3/c1-12-10(15)11(16)13-7-8(14(2)3)9-5-4-6-17-9/h4-6,8H,7H2,1-3H3,(H,12,15)(H,13,16)/t8-/m0/s1. The van der Waals surface area contributed by atoms with E-state index in [9.17, 15) is 9.59 Å². The van der Waals surface area contributed by atoms with Gasteiger partial charge in [-0.15, -0.1) is 0 Å². The normalized spacial score (nSPS) is 12.2. The molecule has 0 radical (unpaired) electrons. The number of carbonyl (C=O) groups excluding carboxylic acids is 2. The Bertz CT molecular complexity index is 373. The number of nitrogens with one attached hydrogen (secondary N) is 2. The molecule has 0 aliphatic heterocycles. The van der Waals surface area contributed by atoms with Crippen molar-refractivity contribution in [3.05, 3.63) is 24.2 Å². The number of hydrogen-bond acceptors (Lipinski definition) is 4. The molecule has 0 fully saturated rings. The summed E-state index contributed by atoms with van der Waals surface area (Å²) in [7, 11) is 5.16. The monoisotopic (exact) mass is 239 g/mol. The molecule has 1 rings (SSSR count). The highest BCUT2D eigenvalue weighted by atomic mass is 16.3. The molecule has 6 heteroatoms. The van der Waals surface area contributed by atoms with Crippen LogP contribution in [0.25, 0.3) is 0 Å². The van der Waals surface area contributed by atoms with Crippen LogP contribution in [0.5, 0.6) is 0 Å². The molecular weight excluding hydrogens is 222 g/mol. The lowest BCUT2D eigenvalue weighted by Gasteiger charge is -2.22. The Hall–Kier alpha value is -1.82. The molecule has 0 aliphatic carbocycles. The lowest BCUT2D eigenvalue weighted by atomic mass is 10.2. The Balaban J connectivity index is 2.58. The number of likely N-dealkylation sites (N-methyl/N-ethyl adjacent to an activating group) is 2. The minimum atomic E-state index is -0.651. The van der Waals surface area contributed by atoms with Crippen LogP contribution in [-0.4, -0.2) is 44.4 Å². The molecule has 2 amide bonds. The Morgan fingerprint density at radius 1 is 1.41 bits per heavy atom. The van der Waals surface area contributed by atoms with E-state index in [1.54, 1.807) is 12.3 Å². The molecule has 0 aromatic carbocycles. The van der Waals surface area contributed by atoms with Gasteiger partial charge >= 0.3 is 11.8 Å². The van der Waals surface area contributed by atoms with Crippen molar-refractivity contribution in [1.82, 2.24) is 15.5 Å². The fourth-order valence-electron chi connectivity index (χ4n) is 1.40. The molecule has 17 heavy (non-hydrogen) atoms. The number of rotatable bonds is 4. The van der Waals surface area contributed by atoms with Crippen molar-refractivity contribution in [3.8, 4) is 0 Å². The maximum Gasteiger partial charge on any atom is 0.309 e. The van der Waals surface area contributed by atoms with Crippen molar-refractivity contribution >= 4 is 11.8 Å². The van der Waals surface area contributed by atoms with Crippen LogP contribution in [0.4, 0.5) is 0 Å². The second-order valence-corrected chi connectivity index (χ2v) is 3.78. The van der Waals surface area contributed by atoms with Gasteiger partial charge in [0.25, 0.3) is 0 Å². The minimum absolute atomic E-state index is 0.0985. The highest BCUT2D eigenvalue weighted by Crippen LogP contribution is 2.17. The van der Waals surface area contributed by atoms with E-state index in [2.05, 4.69) is 10.6 Å². The quantitative estimate of drug-likeness (QED) is 0.710. The van der Waals surface area contributed by atoms with Gasteiger partial charge in [-0.2, -0.15) is 0 Å². The number of carbonyl (C=O) groups is 2. The zero-order valence-electron chi connectivity index (χ0n) is 10.2. The Labute approximate surface area is 100.0 Å². The van der Waals surface area contributed by atoms with Crippen LogP contribution in [-0.2, 0) is 9.59 Å². The number of hydrogen-bond donors (Lipinski definition) is 2. The molecule has 94 valence electrons. The van der Waals surface area contributed by atoms with Crippen LogP contribution in [0.2, 0.25) is 0 Å². The molecule has 1 aromatic rings. The first-order valence-electron chi connectivity index (χ1n) is 5.26. The summed E-state index contributed by atoms with van der Waals surface area (Å²) < 4.78 is 5.28. The van der Waals surface area contributed by atoms with Crippen LogP contribution in [0, 0.1) is 0 Å². The highest BCUT2D eigenvalue weighted by molar-refractivity contribution is 6.35. The zero-order valence-corrected chi connectivity index (χ0v) is 10.2. The van der Waals surface area contributed by atoms with Crippen LogP contribution >= 0.6 is 0 Å². The van der Waals surface area contributed by atoms with E-state index >= 15 is 0 Å². The summed E-state index contributed by atoms with van der Waals surface area (Å²) in [5.74, 6) is -0.555. The van der Waals surface area contributed by atoms with Gasteiger partial charge in [-0.1, -0.05) is 0 Å². The molecule has 6 nitrogen and oxygen atoms in total. The summed E-state index contributed by atoms with van der Waals surface area (Å²) in [5.41, 5.74) is 0. The van der Waals surface area contributed by atoms with Crippen LogP contribution in [0.1, 0.15) is 11.8 Å². The first-order valence-corrected chi connectivity index (χ1v) is 5.26. The fourth-order valence-corrected chi connectivity index (χ4v) is 1.40. The van der Waals surface area contributed by atoms with Crippen molar-refractivity contribution in [2.45, 2.75) is 6.04 Å². The van der Waals surface area contributed by atoms with Crippen LogP contribution in [0.15, 0.2) is 22.8 Å². The van der Waals surface area contributed by atoms with Gasteiger partial charge < -0.3 is 15.1 Å². The summed E-state index contributed by atoms with van der Waals surface area (Å²) in [5, 5.41) is 4.81. The van der Waals surface area contributed by atoms with Crippen molar-refractivity contribution in [2.75, 3.05) is 27.7 Å². The highest BCUT2D eigenvalue weighted by Gasteiger charge is 2.19. The van der Waals surface area contributed by atoms with Crippen molar-refractivity contribution in [2.24, 2.45) is 0 Å². The first kappa shape index (κ1) is 13.2. The smallest absolute Gasteiger partial charge is 0.309 e. The van der Waals surface area contributed by atoms with Crippen LogP contribution < -0.4 is 10.6 Å². The lowest BCUT2D eigenvalue weighted by molar-refractivity contribution is -0.139. The zero-order chi connectivity index (χ0) is 12.8. The van der Waals surface area contributed by atoms with E-state index < -0.39 is 11.8 Å². The summed E-state index contributed by atoms with van der Waals surface area (Å²) in [6.45, 7) is 0.312. The molecule has 1 aromatic heterocycles.